The van der Waals surface area contributed by atoms with E-state index in [1.54, 1.807) is 22.3 Å². The van der Waals surface area contributed by atoms with Crippen LogP contribution in [0.25, 0.3) is 5.65 Å². The predicted octanol–water partition coefficient (Wildman–Crippen LogP) is -1.83. The molecule has 204 valence electrons. The van der Waals surface area contributed by atoms with E-state index in [2.05, 4.69) is 20.6 Å². The fraction of sp³-hybridized carbons (Fsp3) is 0.318. The standard InChI is InChI=1S/C22H23N9O5S3/c1-36-28-15(12-10-39-22(24)25-12)18(32)26-16-19(33)31-17(21(34)35)11(9-38-20(16)31)8-29-5-6-30-14(29)3-2-13(27-30)37-7-4-23/h2-3,5-6,10,16,20H,4,7-9,23H2,1H3,(H3-,24,25,26,32,34,35)/b28-15-/t16-,20-/m1/s1. The van der Waals surface area contributed by atoms with Crippen LogP contribution in [0.4, 0.5) is 5.13 Å². The molecule has 5 rings (SSSR count). The number of hydrogen-bond acceptors (Lipinski definition) is 13. The molecular weight excluding hydrogens is 567 g/mol. The summed E-state index contributed by atoms with van der Waals surface area (Å²) in [6, 6.07) is 2.80. The highest BCUT2D eigenvalue weighted by Crippen LogP contribution is 2.40. The second-order valence-corrected chi connectivity index (χ2v) is 11.4. The lowest BCUT2D eigenvalue weighted by Crippen LogP contribution is -2.71. The molecule has 0 aliphatic carbocycles. The number of imidazole rings is 1. The lowest BCUT2D eigenvalue weighted by atomic mass is 10.0. The van der Waals surface area contributed by atoms with Crippen LogP contribution in [0.3, 0.4) is 0 Å². The van der Waals surface area contributed by atoms with Crippen molar-refractivity contribution in [3.63, 3.8) is 0 Å². The molecule has 0 bridgehead atoms. The summed E-state index contributed by atoms with van der Waals surface area (Å²) in [7, 11) is 1.27. The Bertz CT molecular complexity index is 1520. The molecule has 2 amide bonds. The van der Waals surface area contributed by atoms with Crippen molar-refractivity contribution in [2.45, 2.75) is 23.0 Å². The fourth-order valence-electron chi connectivity index (χ4n) is 4.24. The number of nitrogens with two attached hydrogens (primary N) is 2. The normalized spacial score (nSPS) is 19.2. The molecule has 0 aromatic carbocycles. The van der Waals surface area contributed by atoms with Crippen molar-refractivity contribution in [3.8, 4) is 0 Å². The van der Waals surface area contributed by atoms with Gasteiger partial charge in [-0.2, -0.15) is 0 Å². The van der Waals surface area contributed by atoms with E-state index in [9.17, 15) is 19.5 Å². The van der Waals surface area contributed by atoms with Crippen LogP contribution in [0.2, 0.25) is 0 Å². The number of carboxylic acid groups (broad SMARTS) is 1. The number of rotatable bonds is 10. The minimum atomic E-state index is -1.46. The Hall–Kier alpha value is -3.67. The number of β-lactam (4-membered cyclic amide) rings is 1. The average Bonchev–Trinajstić information content (AvgIpc) is 3.54. The molecule has 14 nitrogen and oxygen atoms in total. The van der Waals surface area contributed by atoms with E-state index in [-0.39, 0.29) is 28.8 Å². The molecule has 2 aliphatic rings. The van der Waals surface area contributed by atoms with Gasteiger partial charge < -0.3 is 31.5 Å². The minimum absolute atomic E-state index is 0.149. The quantitative estimate of drug-likeness (QED) is 0.0790. The molecule has 3 aromatic rings. The highest BCUT2D eigenvalue weighted by molar-refractivity contribution is 8.00. The highest BCUT2D eigenvalue weighted by Gasteiger charge is 2.53. The Labute approximate surface area is 234 Å². The number of aliphatic carboxylic acids is 1. The van der Waals surface area contributed by atoms with Gasteiger partial charge in [0.25, 0.3) is 11.8 Å². The molecule has 0 radical (unpaired) electrons. The van der Waals surface area contributed by atoms with E-state index in [0.717, 1.165) is 32.7 Å². The molecule has 39 heavy (non-hydrogen) atoms. The van der Waals surface area contributed by atoms with Gasteiger partial charge in [0, 0.05) is 35.1 Å². The molecule has 2 atom stereocenters. The van der Waals surface area contributed by atoms with E-state index >= 15 is 0 Å². The first-order chi connectivity index (χ1) is 18.8. The second kappa shape index (κ2) is 11.2. The Morgan fingerprint density at radius 1 is 1.41 bits per heavy atom. The summed E-state index contributed by atoms with van der Waals surface area (Å²) in [6.07, 6.45) is 3.56. The minimum Gasteiger partial charge on any atom is -0.543 e. The largest absolute Gasteiger partial charge is 0.543 e. The number of amides is 2. The summed E-state index contributed by atoms with van der Waals surface area (Å²) in [5.41, 5.74) is 12.3. The Morgan fingerprint density at radius 2 is 2.23 bits per heavy atom. The number of thiazole rings is 1. The molecule has 5 heterocycles. The van der Waals surface area contributed by atoms with Crippen molar-refractivity contribution in [2.24, 2.45) is 10.9 Å². The summed E-state index contributed by atoms with van der Waals surface area (Å²) in [6.45, 7) is 0.755. The molecule has 0 spiro atoms. The number of fused-ring (bicyclic) bond motifs is 2. The number of oxime groups is 1. The van der Waals surface area contributed by atoms with Gasteiger partial charge in [-0.1, -0.05) is 10.3 Å². The number of carboxylic acids is 1. The molecular formula is C22H23N9O5S3. The number of carbonyl (C=O) groups is 3. The Morgan fingerprint density at radius 3 is 2.92 bits per heavy atom. The first-order valence-electron chi connectivity index (χ1n) is 11.5. The first kappa shape index (κ1) is 26.9. The maximum Gasteiger partial charge on any atom is 0.307 e. The van der Waals surface area contributed by atoms with E-state index < -0.39 is 29.2 Å². The predicted molar refractivity (Wildman–Crippen MR) is 142 cm³/mol. The van der Waals surface area contributed by atoms with Crippen LogP contribution in [0.1, 0.15) is 5.69 Å². The Balaban J connectivity index is 1.34. The van der Waals surface area contributed by atoms with Crippen LogP contribution >= 0.6 is 34.9 Å². The van der Waals surface area contributed by atoms with Gasteiger partial charge in [-0.15, -0.1) is 39.4 Å². The molecule has 1 saturated heterocycles. The van der Waals surface area contributed by atoms with Crippen LogP contribution in [-0.2, 0) is 25.8 Å². The van der Waals surface area contributed by atoms with Gasteiger partial charge in [0.1, 0.15) is 42.0 Å². The number of thioether (sulfide) groups is 2. The van der Waals surface area contributed by atoms with Gasteiger partial charge in [0.2, 0.25) is 0 Å². The molecule has 5 N–H and O–H groups in total. The molecule has 1 fully saturated rings. The summed E-state index contributed by atoms with van der Waals surface area (Å²) in [4.78, 5) is 48.2. The van der Waals surface area contributed by atoms with Crippen molar-refractivity contribution >= 4 is 69.1 Å². The maximum atomic E-state index is 13.1. The van der Waals surface area contributed by atoms with Crippen molar-refractivity contribution < 1.29 is 28.9 Å². The van der Waals surface area contributed by atoms with E-state index in [1.807, 2.05) is 16.7 Å². The molecule has 0 saturated carbocycles. The van der Waals surface area contributed by atoms with Gasteiger partial charge in [-0.05, 0) is 6.07 Å². The van der Waals surface area contributed by atoms with E-state index in [1.165, 1.54) is 30.6 Å². The number of hydrogen-bond donors (Lipinski definition) is 3. The summed E-state index contributed by atoms with van der Waals surface area (Å²) >= 11 is 4.01. The topological polar surface area (TPSA) is 197 Å². The number of nitrogens with zero attached hydrogens (tertiary/aromatic N) is 6. The maximum absolute atomic E-state index is 13.1. The number of anilines is 1. The van der Waals surface area contributed by atoms with Crippen molar-refractivity contribution in [1.29, 1.82) is 0 Å². The highest BCUT2D eigenvalue weighted by atomic mass is 32.2. The van der Waals surface area contributed by atoms with Gasteiger partial charge in [-0.3, -0.25) is 14.5 Å². The first-order valence-corrected chi connectivity index (χ1v) is 14.5. The summed E-state index contributed by atoms with van der Waals surface area (Å²) < 4.78 is 3.55. The SMILES string of the molecule is CO/N=C(\C(=O)N[C@@H]1C(=O)N2C(C(=O)[O-])=C(C[n+]3ccn4nc(SCCN)ccc43)CS[C@H]12)c1csc(N)n1. The zero-order valence-corrected chi connectivity index (χ0v) is 22.9. The third-order valence-electron chi connectivity index (χ3n) is 5.92. The van der Waals surface area contributed by atoms with Crippen LogP contribution in [-0.4, -0.2) is 79.6 Å². The number of carbonyl (C=O) groups excluding carboxylic acids is 3. The summed E-state index contributed by atoms with van der Waals surface area (Å²) in [5, 5.41) is 25.0. The average molecular weight is 590 g/mol. The zero-order chi connectivity index (χ0) is 27.7. The smallest absolute Gasteiger partial charge is 0.307 e. The molecule has 17 heteroatoms. The van der Waals surface area contributed by atoms with Crippen molar-refractivity contribution in [1.82, 2.24) is 24.8 Å². The molecule has 3 aromatic heterocycles. The van der Waals surface area contributed by atoms with Gasteiger partial charge >= 0.3 is 5.65 Å². The third-order valence-corrected chi connectivity index (χ3v) is 8.88. The lowest BCUT2D eigenvalue weighted by Gasteiger charge is -2.50. The second-order valence-electron chi connectivity index (χ2n) is 8.33. The molecule has 0 unspecified atom stereocenters. The third kappa shape index (κ3) is 5.17. The Kier molecular flexibility index (Phi) is 7.74. The van der Waals surface area contributed by atoms with Crippen LogP contribution in [0, 0.1) is 0 Å². The molecule has 2 aliphatic heterocycles. The van der Waals surface area contributed by atoms with Crippen LogP contribution in [0.5, 0.6) is 0 Å². The van der Waals surface area contributed by atoms with Crippen molar-refractivity contribution in [3.05, 3.63) is 46.9 Å². The van der Waals surface area contributed by atoms with Crippen molar-refractivity contribution in [2.75, 3.05) is 30.9 Å². The number of nitrogens with one attached hydrogen (secondary N) is 1. The van der Waals surface area contributed by atoms with Gasteiger partial charge in [-0.25, -0.2) is 9.55 Å². The van der Waals surface area contributed by atoms with Crippen LogP contribution < -0.4 is 26.5 Å². The number of nitrogen functional groups attached to an aromatic ring is 1. The zero-order valence-electron chi connectivity index (χ0n) is 20.5. The van der Waals surface area contributed by atoms with E-state index in [4.69, 9.17) is 16.3 Å². The number of aromatic nitrogens is 4. The fourth-order valence-corrected chi connectivity index (χ4v) is 6.76. The van der Waals surface area contributed by atoms with E-state index in [0.29, 0.717) is 17.9 Å². The van der Waals surface area contributed by atoms with Gasteiger partial charge in [0.15, 0.2) is 17.0 Å². The monoisotopic (exact) mass is 589 g/mol. The van der Waals surface area contributed by atoms with Crippen LogP contribution in [0.15, 0.2) is 51.4 Å². The van der Waals surface area contributed by atoms with Gasteiger partial charge in [0.05, 0.1) is 11.7 Å². The lowest BCUT2D eigenvalue weighted by molar-refractivity contribution is -0.662. The summed E-state index contributed by atoms with van der Waals surface area (Å²) in [5.74, 6) is -1.67.